The van der Waals surface area contributed by atoms with Crippen LogP contribution in [-0.2, 0) is 62.6 Å². The van der Waals surface area contributed by atoms with Crippen molar-refractivity contribution in [3.63, 3.8) is 0 Å². The Morgan fingerprint density at radius 2 is 1.07 bits per heavy atom. The van der Waals surface area contributed by atoms with Gasteiger partial charge >= 0.3 is 35.2 Å². The number of epoxide rings is 1. The van der Waals surface area contributed by atoms with E-state index in [9.17, 15) is 0 Å². The zero-order chi connectivity index (χ0) is 41.9. The molecule has 1 heterocycles. The van der Waals surface area contributed by atoms with Gasteiger partial charge in [0.15, 0.2) is 0 Å². The minimum Gasteiger partial charge on any atom is -0.385 e. The Balaban J connectivity index is 0. The number of anilines is 1. The molecule has 1 aliphatic heterocycles. The molecule has 1 N–H and O–H groups in total. The average Bonchev–Trinajstić information content (AvgIpc) is 4.07. The summed E-state index contributed by atoms with van der Waals surface area (Å²) in [5.74, 6) is 0.838. The molecule has 326 valence electrons. The first-order valence-corrected chi connectivity index (χ1v) is 26.8. The summed E-state index contributed by atoms with van der Waals surface area (Å²) in [6.07, 6.45) is 3.13. The zero-order valence-corrected chi connectivity index (χ0v) is 40.7. The van der Waals surface area contributed by atoms with Crippen molar-refractivity contribution in [3.05, 3.63) is 42.6 Å². The number of benzene rings is 1. The van der Waals surface area contributed by atoms with Gasteiger partial charge in [0.05, 0.1) is 13.2 Å². The Hall–Kier alpha value is -0.582. The van der Waals surface area contributed by atoms with Crippen molar-refractivity contribution >= 4 is 53.5 Å². The summed E-state index contributed by atoms with van der Waals surface area (Å²) in [5, 5.41) is 3.35. The second-order valence-electron chi connectivity index (χ2n) is 11.4. The van der Waals surface area contributed by atoms with Crippen LogP contribution in [0.15, 0.2) is 42.6 Å². The molecular formula is C35H75NO14SSi4. The number of thiol groups is 1. The topological polar surface area (TPSA) is 145 Å². The van der Waals surface area contributed by atoms with Crippen LogP contribution < -0.4 is 5.32 Å². The molecule has 0 amide bonds. The van der Waals surface area contributed by atoms with Crippen LogP contribution in [-0.4, -0.2) is 157 Å². The highest BCUT2D eigenvalue weighted by atomic mass is 32.1. The molecule has 1 fully saturated rings. The Morgan fingerprint density at radius 1 is 0.673 bits per heavy atom. The number of nitrogens with one attached hydrogen (secondary N) is 1. The fraction of sp³-hybridized carbons (Fsp3) is 0.771. The predicted octanol–water partition coefficient (Wildman–Crippen LogP) is 5.98. The molecule has 55 heavy (non-hydrogen) atoms. The van der Waals surface area contributed by atoms with Crippen LogP contribution in [0.1, 0.15) is 40.0 Å². The summed E-state index contributed by atoms with van der Waals surface area (Å²) in [7, 11) is 5.09. The van der Waals surface area contributed by atoms with E-state index in [2.05, 4.69) is 24.5 Å². The van der Waals surface area contributed by atoms with Gasteiger partial charge in [-0.15, -0.1) is 0 Å². The van der Waals surface area contributed by atoms with Crippen molar-refractivity contribution in [2.45, 2.75) is 64.3 Å². The van der Waals surface area contributed by atoms with Gasteiger partial charge in [0, 0.05) is 121 Å². The van der Waals surface area contributed by atoms with Crippen molar-refractivity contribution in [2.24, 2.45) is 0 Å². The molecule has 0 bridgehead atoms. The fourth-order valence-electron chi connectivity index (χ4n) is 4.73. The summed E-state index contributed by atoms with van der Waals surface area (Å²) < 4.78 is 74.3. The summed E-state index contributed by atoms with van der Waals surface area (Å²) in [6, 6.07) is 12.6. The Bertz CT molecular complexity index is 957. The lowest BCUT2D eigenvalue weighted by Crippen LogP contribution is -2.44. The first-order chi connectivity index (χ1) is 26.5. The molecule has 1 unspecified atom stereocenters. The fourth-order valence-corrected chi connectivity index (χ4v) is 12.1. The van der Waals surface area contributed by atoms with E-state index in [0.29, 0.717) is 39.1 Å². The molecule has 1 atom stereocenters. The maximum absolute atomic E-state index is 5.44. The quantitative estimate of drug-likeness (QED) is 0.0405. The number of rotatable bonds is 30. The molecule has 0 aromatic heterocycles. The lowest BCUT2D eigenvalue weighted by molar-refractivity contribution is 0.0843. The van der Waals surface area contributed by atoms with Crippen LogP contribution in [0, 0.1) is 0 Å². The van der Waals surface area contributed by atoms with Gasteiger partial charge in [0.1, 0.15) is 6.10 Å². The van der Waals surface area contributed by atoms with Crippen LogP contribution in [0.4, 0.5) is 5.69 Å². The molecule has 0 saturated carbocycles. The van der Waals surface area contributed by atoms with Crippen LogP contribution in [0.2, 0.25) is 18.1 Å². The number of hydrogen-bond donors (Lipinski definition) is 2. The molecule has 0 radical (unpaired) electrons. The molecule has 0 spiro atoms. The lowest BCUT2D eigenvalue weighted by atomic mass is 10.3. The van der Waals surface area contributed by atoms with E-state index in [1.807, 2.05) is 51.1 Å². The third kappa shape index (κ3) is 25.5. The van der Waals surface area contributed by atoms with Crippen LogP contribution in [0.25, 0.3) is 0 Å². The van der Waals surface area contributed by atoms with Gasteiger partial charge in [0.25, 0.3) is 0 Å². The predicted molar refractivity (Wildman–Crippen MR) is 229 cm³/mol. The van der Waals surface area contributed by atoms with E-state index in [4.69, 9.17) is 62.6 Å². The van der Waals surface area contributed by atoms with Crippen LogP contribution in [0.3, 0.4) is 0 Å². The van der Waals surface area contributed by atoms with Gasteiger partial charge in [-0.3, -0.25) is 0 Å². The van der Waals surface area contributed by atoms with Gasteiger partial charge in [-0.1, -0.05) is 24.8 Å². The third-order valence-electron chi connectivity index (χ3n) is 7.97. The molecular weight excluding hydrogens is 803 g/mol. The lowest BCUT2D eigenvalue weighted by Gasteiger charge is -2.24. The molecule has 2 rings (SSSR count). The Labute approximate surface area is 343 Å². The monoisotopic (exact) mass is 877 g/mol. The van der Waals surface area contributed by atoms with Crippen molar-refractivity contribution in [2.75, 3.05) is 121 Å². The Kier molecular flexibility index (Phi) is 36.3. The van der Waals surface area contributed by atoms with E-state index in [0.717, 1.165) is 62.0 Å². The number of ether oxygens (including phenoxy) is 2. The van der Waals surface area contributed by atoms with Crippen LogP contribution in [0.5, 0.6) is 0 Å². The first kappa shape index (κ1) is 56.5. The average molecular weight is 878 g/mol. The van der Waals surface area contributed by atoms with E-state index >= 15 is 0 Å². The van der Waals surface area contributed by atoms with Gasteiger partial charge in [-0.2, -0.15) is 12.6 Å². The van der Waals surface area contributed by atoms with Gasteiger partial charge in [-0.25, -0.2) is 0 Å². The summed E-state index contributed by atoms with van der Waals surface area (Å²) in [5.41, 5.74) is 2.80. The van der Waals surface area contributed by atoms with Gasteiger partial charge in [0.2, 0.25) is 0 Å². The van der Waals surface area contributed by atoms with E-state index in [1.165, 1.54) is 0 Å². The first-order valence-electron chi connectivity index (χ1n) is 18.6. The molecule has 1 aromatic carbocycles. The zero-order valence-electron chi connectivity index (χ0n) is 35.8. The molecule has 1 saturated heterocycles. The molecule has 1 aliphatic rings. The van der Waals surface area contributed by atoms with Crippen molar-refractivity contribution in [1.82, 2.24) is 0 Å². The molecule has 1 aromatic rings. The second-order valence-corrected chi connectivity index (χ2v) is 23.6. The van der Waals surface area contributed by atoms with E-state index < -0.39 is 35.2 Å². The second kappa shape index (κ2) is 35.4. The van der Waals surface area contributed by atoms with Crippen LogP contribution >= 0.6 is 12.6 Å². The van der Waals surface area contributed by atoms with Gasteiger partial charge in [-0.05, 0) is 63.6 Å². The molecule has 15 nitrogen and oxygen atoms in total. The van der Waals surface area contributed by atoms with E-state index in [-0.39, 0.29) is 0 Å². The largest absolute Gasteiger partial charge is 0.528 e. The number of para-hydroxylation sites is 1. The standard InChI is InChI=1S/C12H21NO3Si.C9H20O5Si.C8H18O3Si.C6H16O3SSi/c1-14-17(15-2,16-3)11-7-10-13-12-8-5-4-6-9-12;1-10-15(11-2,12-3)6-4-5-13-7-9-8-14-9;1-5-9-12(8-4,10-6-2)11-7-3;1-7-11(8-2,9-3)6-4-5-10/h4-6,8-9,13H,7,10-11H2,1-3H3;9H,4-8H2,1-3H3;8H,4-7H2,1-3H3;10H,4-6H2,1-3H3. The third-order valence-corrected chi connectivity index (χ3v) is 19.4. The number of hydrogen-bond acceptors (Lipinski definition) is 16. The van der Waals surface area contributed by atoms with E-state index in [1.54, 1.807) is 69.7 Å². The normalized spacial score (nSPS) is 14.1. The molecule has 0 aliphatic carbocycles. The SMILES string of the molecule is C=C[Si](OCC)(OCC)OCC.CO[Si](CCCNc1ccccc1)(OC)OC.CO[Si](CCCOCC1CO1)(OC)OC.CO[Si](CCCS)(OC)OC. The smallest absolute Gasteiger partial charge is 0.385 e. The molecule has 20 heteroatoms. The maximum atomic E-state index is 5.44. The maximum Gasteiger partial charge on any atom is 0.528 e. The Morgan fingerprint density at radius 3 is 1.42 bits per heavy atom. The van der Waals surface area contributed by atoms with Crippen molar-refractivity contribution in [1.29, 1.82) is 0 Å². The summed E-state index contributed by atoms with van der Waals surface area (Å²) in [4.78, 5) is 0. The summed E-state index contributed by atoms with van der Waals surface area (Å²) >= 11 is 4.10. The van der Waals surface area contributed by atoms with Crippen molar-refractivity contribution < 1.29 is 62.6 Å². The minimum absolute atomic E-state index is 0.333. The highest BCUT2D eigenvalue weighted by Gasteiger charge is 2.39. The highest BCUT2D eigenvalue weighted by Crippen LogP contribution is 2.17. The van der Waals surface area contributed by atoms with Crippen molar-refractivity contribution in [3.8, 4) is 0 Å². The highest BCUT2D eigenvalue weighted by molar-refractivity contribution is 7.80. The summed E-state index contributed by atoms with van der Waals surface area (Å²) in [6.45, 7) is 14.3. The van der Waals surface area contributed by atoms with Gasteiger partial charge < -0.3 is 67.9 Å². The minimum atomic E-state index is -2.51.